The van der Waals surface area contributed by atoms with Crippen molar-refractivity contribution in [2.45, 2.75) is 6.54 Å². The van der Waals surface area contributed by atoms with Crippen molar-refractivity contribution in [2.24, 2.45) is 0 Å². The van der Waals surface area contributed by atoms with Crippen LogP contribution in [0, 0.1) is 0 Å². The zero-order valence-electron chi connectivity index (χ0n) is 16.3. The van der Waals surface area contributed by atoms with Crippen molar-refractivity contribution in [3.63, 3.8) is 0 Å². The molecule has 1 aromatic carbocycles. The Morgan fingerprint density at radius 1 is 0.900 bits per heavy atom. The lowest BCUT2D eigenvalue weighted by molar-refractivity contribution is 0.274. The van der Waals surface area contributed by atoms with Gasteiger partial charge in [0.2, 0.25) is 0 Å². The lowest BCUT2D eigenvalue weighted by Gasteiger charge is -2.36. The van der Waals surface area contributed by atoms with Crippen LogP contribution < -0.4 is 15.4 Å². The Bertz CT molecular complexity index is 1270. The molecule has 4 heterocycles. The molecule has 0 atom stereocenters. The third kappa shape index (κ3) is 3.33. The second-order valence-electron chi connectivity index (χ2n) is 7.21. The summed E-state index contributed by atoms with van der Waals surface area (Å²) < 4.78 is 1.43. The van der Waals surface area contributed by atoms with E-state index >= 15 is 0 Å². The maximum absolute atomic E-state index is 12.5. The fraction of sp³-hybridized carbons (Fsp3) is 0.286. The summed E-state index contributed by atoms with van der Waals surface area (Å²) >= 11 is 0. The Morgan fingerprint density at radius 2 is 1.70 bits per heavy atom. The van der Waals surface area contributed by atoms with Crippen molar-refractivity contribution in [2.75, 3.05) is 42.6 Å². The summed E-state index contributed by atoms with van der Waals surface area (Å²) in [5.41, 5.74) is 3.04. The Labute approximate surface area is 172 Å². The molecular formula is C21H21N7O2. The average Bonchev–Trinajstić information content (AvgIpc) is 2.80. The Morgan fingerprint density at radius 3 is 2.53 bits per heavy atom. The first-order chi connectivity index (χ1) is 14.7. The number of benzene rings is 1. The second kappa shape index (κ2) is 7.68. The van der Waals surface area contributed by atoms with Gasteiger partial charge in [-0.3, -0.25) is 14.3 Å². The predicted octanol–water partition coefficient (Wildman–Crippen LogP) is 1.05. The summed E-state index contributed by atoms with van der Waals surface area (Å²) in [7, 11) is 0. The zero-order chi connectivity index (χ0) is 20.5. The highest BCUT2D eigenvalue weighted by Crippen LogP contribution is 2.22. The van der Waals surface area contributed by atoms with E-state index in [0.29, 0.717) is 16.6 Å². The minimum atomic E-state index is -0.129. The van der Waals surface area contributed by atoms with Crippen LogP contribution in [0.4, 0.5) is 11.5 Å². The molecule has 5 rings (SSSR count). The van der Waals surface area contributed by atoms with Gasteiger partial charge in [-0.05, 0) is 30.3 Å². The van der Waals surface area contributed by atoms with Crippen LogP contribution in [0.15, 0.2) is 53.8 Å². The fourth-order valence-corrected chi connectivity index (χ4v) is 3.82. The number of hydrogen-bond acceptors (Lipinski definition) is 8. The van der Waals surface area contributed by atoms with Crippen LogP contribution in [-0.2, 0) is 6.54 Å². The van der Waals surface area contributed by atoms with Gasteiger partial charge in [0.15, 0.2) is 5.65 Å². The standard InChI is InChI=1S/C21H21N7O2/c29-12-11-28-14-24-18-13-15(1-2-16(18)21(28)30)26-7-9-27(10-8-26)19-4-3-17-20(25-19)23-6-5-22-17/h1-6,13-14,29H,7-12H2. The van der Waals surface area contributed by atoms with E-state index < -0.39 is 0 Å². The first-order valence-corrected chi connectivity index (χ1v) is 9.91. The molecule has 9 nitrogen and oxygen atoms in total. The molecule has 3 aromatic heterocycles. The van der Waals surface area contributed by atoms with Crippen LogP contribution in [0.3, 0.4) is 0 Å². The minimum absolute atomic E-state index is 0.0892. The molecule has 0 amide bonds. The molecule has 0 aliphatic carbocycles. The van der Waals surface area contributed by atoms with Crippen molar-refractivity contribution >= 4 is 33.6 Å². The number of aliphatic hydroxyl groups is 1. The molecule has 1 fully saturated rings. The number of aliphatic hydroxyl groups excluding tert-OH is 1. The molecule has 0 bridgehead atoms. The van der Waals surface area contributed by atoms with E-state index in [2.05, 4.69) is 29.7 Å². The second-order valence-corrected chi connectivity index (χ2v) is 7.21. The molecule has 1 aliphatic rings. The number of hydrogen-bond donors (Lipinski definition) is 1. The van der Waals surface area contributed by atoms with E-state index in [1.54, 1.807) is 12.4 Å². The van der Waals surface area contributed by atoms with E-state index in [9.17, 15) is 4.79 Å². The quantitative estimate of drug-likeness (QED) is 0.540. The average molecular weight is 403 g/mol. The summed E-state index contributed by atoms with van der Waals surface area (Å²) in [5.74, 6) is 0.910. The lowest BCUT2D eigenvalue weighted by Crippen LogP contribution is -2.46. The monoisotopic (exact) mass is 403 g/mol. The topological polar surface area (TPSA) is 100 Å². The Balaban J connectivity index is 1.33. The number of nitrogens with zero attached hydrogens (tertiary/aromatic N) is 7. The van der Waals surface area contributed by atoms with Crippen molar-refractivity contribution in [1.82, 2.24) is 24.5 Å². The zero-order valence-corrected chi connectivity index (χ0v) is 16.3. The lowest BCUT2D eigenvalue weighted by atomic mass is 10.2. The molecule has 1 saturated heterocycles. The van der Waals surface area contributed by atoms with Crippen molar-refractivity contribution in [3.8, 4) is 0 Å². The number of pyridine rings is 1. The van der Waals surface area contributed by atoms with E-state index in [0.717, 1.165) is 43.2 Å². The summed E-state index contributed by atoms with van der Waals surface area (Å²) in [6.45, 7) is 3.51. The van der Waals surface area contributed by atoms with Crippen LogP contribution in [-0.4, -0.2) is 62.4 Å². The SMILES string of the molecule is O=c1c2ccc(N3CCN(c4ccc5nccnc5n4)CC3)cc2ncn1CCO. The van der Waals surface area contributed by atoms with Crippen LogP contribution >= 0.6 is 0 Å². The molecule has 0 spiro atoms. The summed E-state index contributed by atoms with van der Waals surface area (Å²) in [6, 6.07) is 9.69. The van der Waals surface area contributed by atoms with Crippen LogP contribution in [0.2, 0.25) is 0 Å². The van der Waals surface area contributed by atoms with Gasteiger partial charge in [0.25, 0.3) is 5.56 Å². The summed E-state index contributed by atoms with van der Waals surface area (Å²) in [4.78, 5) is 34.6. The van der Waals surface area contributed by atoms with Gasteiger partial charge in [0.1, 0.15) is 11.3 Å². The first kappa shape index (κ1) is 18.4. The molecule has 152 valence electrons. The molecule has 4 aromatic rings. The Kier molecular flexibility index (Phi) is 4.72. The smallest absolute Gasteiger partial charge is 0.261 e. The molecule has 1 aliphatic heterocycles. The van der Waals surface area contributed by atoms with Gasteiger partial charge in [0, 0.05) is 44.3 Å². The van der Waals surface area contributed by atoms with Gasteiger partial charge in [-0.1, -0.05) is 0 Å². The maximum atomic E-state index is 12.5. The van der Waals surface area contributed by atoms with Gasteiger partial charge >= 0.3 is 0 Å². The normalized spacial score (nSPS) is 14.6. The highest BCUT2D eigenvalue weighted by Gasteiger charge is 2.19. The van der Waals surface area contributed by atoms with Gasteiger partial charge < -0.3 is 14.9 Å². The molecular weight excluding hydrogens is 382 g/mol. The highest BCUT2D eigenvalue weighted by molar-refractivity contribution is 5.81. The minimum Gasteiger partial charge on any atom is -0.395 e. The molecule has 0 saturated carbocycles. The number of anilines is 2. The maximum Gasteiger partial charge on any atom is 0.261 e. The largest absolute Gasteiger partial charge is 0.395 e. The Hall–Kier alpha value is -3.59. The summed E-state index contributed by atoms with van der Waals surface area (Å²) in [5, 5.41) is 9.64. The number of fused-ring (bicyclic) bond motifs is 2. The third-order valence-electron chi connectivity index (χ3n) is 5.44. The van der Waals surface area contributed by atoms with Gasteiger partial charge in [-0.2, -0.15) is 0 Å². The van der Waals surface area contributed by atoms with E-state index in [1.807, 2.05) is 30.3 Å². The fourth-order valence-electron chi connectivity index (χ4n) is 3.82. The van der Waals surface area contributed by atoms with Crippen LogP contribution in [0.25, 0.3) is 22.1 Å². The third-order valence-corrected chi connectivity index (χ3v) is 5.44. The number of rotatable bonds is 4. The van der Waals surface area contributed by atoms with E-state index in [1.165, 1.54) is 10.9 Å². The molecule has 0 unspecified atom stereocenters. The van der Waals surface area contributed by atoms with E-state index in [4.69, 9.17) is 5.11 Å². The van der Waals surface area contributed by atoms with Gasteiger partial charge in [-0.15, -0.1) is 0 Å². The van der Waals surface area contributed by atoms with Crippen molar-refractivity contribution in [3.05, 3.63) is 59.4 Å². The van der Waals surface area contributed by atoms with Crippen molar-refractivity contribution < 1.29 is 5.11 Å². The highest BCUT2D eigenvalue weighted by atomic mass is 16.3. The van der Waals surface area contributed by atoms with Crippen LogP contribution in [0.5, 0.6) is 0 Å². The molecule has 0 radical (unpaired) electrons. The molecule has 1 N–H and O–H groups in total. The number of aromatic nitrogens is 5. The van der Waals surface area contributed by atoms with Crippen molar-refractivity contribution in [1.29, 1.82) is 0 Å². The van der Waals surface area contributed by atoms with E-state index in [-0.39, 0.29) is 18.7 Å². The first-order valence-electron chi connectivity index (χ1n) is 9.91. The predicted molar refractivity (Wildman–Crippen MR) is 115 cm³/mol. The van der Waals surface area contributed by atoms with Crippen LogP contribution in [0.1, 0.15) is 0 Å². The van der Waals surface area contributed by atoms with Gasteiger partial charge in [-0.25, -0.2) is 15.0 Å². The number of piperazine rings is 1. The van der Waals surface area contributed by atoms with Gasteiger partial charge in [0.05, 0.1) is 30.4 Å². The molecule has 30 heavy (non-hydrogen) atoms. The molecule has 9 heteroatoms. The summed E-state index contributed by atoms with van der Waals surface area (Å²) in [6.07, 6.45) is 4.82.